The molecule has 0 spiro atoms. The van der Waals surface area contributed by atoms with Crippen LogP contribution in [0.4, 0.5) is 0 Å². The lowest BCUT2D eigenvalue weighted by Crippen LogP contribution is -2.37. The van der Waals surface area contributed by atoms with Crippen molar-refractivity contribution in [2.24, 2.45) is 0 Å². The zero-order chi connectivity index (χ0) is 16.2. The van der Waals surface area contributed by atoms with Crippen molar-refractivity contribution in [3.63, 3.8) is 0 Å². The maximum absolute atomic E-state index is 6.06. The number of ether oxygens (including phenoxy) is 4. The Morgan fingerprint density at radius 3 is 2.21 bits per heavy atom. The summed E-state index contributed by atoms with van der Waals surface area (Å²) in [7, 11) is 0. The van der Waals surface area contributed by atoms with Gasteiger partial charge in [0.15, 0.2) is 6.29 Å². The first-order valence-corrected chi connectivity index (χ1v) is 8.46. The van der Waals surface area contributed by atoms with E-state index in [1.807, 2.05) is 36.4 Å². The Kier molecular flexibility index (Phi) is 4.90. The maximum Gasteiger partial charge on any atom is 0.187 e. The predicted octanol–water partition coefficient (Wildman–Crippen LogP) is 3.30. The molecule has 0 bridgehead atoms. The van der Waals surface area contributed by atoms with Crippen LogP contribution < -0.4 is 0 Å². The highest BCUT2D eigenvalue weighted by Gasteiger charge is 2.52. The smallest absolute Gasteiger partial charge is 0.187 e. The summed E-state index contributed by atoms with van der Waals surface area (Å²) in [6.07, 6.45) is 0.874. The van der Waals surface area contributed by atoms with Crippen molar-refractivity contribution in [1.29, 1.82) is 0 Å². The Bertz CT molecular complexity index is 631. The Hall–Kier alpha value is -1.72. The number of benzene rings is 2. The number of hydrogen-bond donors (Lipinski definition) is 0. The molecule has 0 saturated carbocycles. The normalized spacial score (nSPS) is 28.3. The van der Waals surface area contributed by atoms with E-state index in [0.717, 1.165) is 6.42 Å². The molecule has 0 aromatic heterocycles. The molecule has 2 fully saturated rings. The van der Waals surface area contributed by atoms with Gasteiger partial charge in [-0.2, -0.15) is 0 Å². The van der Waals surface area contributed by atoms with Gasteiger partial charge in [0.1, 0.15) is 6.10 Å². The topological polar surface area (TPSA) is 40.2 Å². The molecule has 4 rings (SSSR count). The minimum atomic E-state index is -0.121. The first-order chi connectivity index (χ1) is 11.9. The Morgan fingerprint density at radius 2 is 1.50 bits per heavy atom. The molecule has 2 heterocycles. The zero-order valence-corrected chi connectivity index (χ0v) is 13.5. The van der Waals surface area contributed by atoms with Crippen LogP contribution in [0.1, 0.15) is 17.5 Å². The molecule has 0 N–H and O–H groups in total. The minimum absolute atomic E-state index is 0.0261. The van der Waals surface area contributed by atoms with Crippen molar-refractivity contribution < 1.29 is 18.9 Å². The number of epoxide rings is 1. The van der Waals surface area contributed by atoms with Crippen molar-refractivity contribution in [2.75, 3.05) is 6.61 Å². The monoisotopic (exact) mass is 326 g/mol. The van der Waals surface area contributed by atoms with E-state index in [0.29, 0.717) is 19.8 Å². The lowest BCUT2D eigenvalue weighted by Gasteiger charge is -2.26. The third-order valence-corrected chi connectivity index (χ3v) is 4.39. The third kappa shape index (κ3) is 4.02. The molecule has 0 aliphatic carbocycles. The van der Waals surface area contributed by atoms with E-state index in [-0.39, 0.29) is 24.6 Å². The molecule has 2 saturated heterocycles. The summed E-state index contributed by atoms with van der Waals surface area (Å²) in [4.78, 5) is 0. The predicted molar refractivity (Wildman–Crippen MR) is 89.3 cm³/mol. The van der Waals surface area contributed by atoms with Crippen LogP contribution in [0, 0.1) is 0 Å². The van der Waals surface area contributed by atoms with Crippen LogP contribution in [0.25, 0.3) is 0 Å². The highest BCUT2D eigenvalue weighted by molar-refractivity contribution is 5.14. The molecule has 2 aliphatic heterocycles. The van der Waals surface area contributed by atoms with Gasteiger partial charge < -0.3 is 18.9 Å². The quantitative estimate of drug-likeness (QED) is 0.732. The molecule has 0 amide bonds. The highest BCUT2D eigenvalue weighted by atomic mass is 16.8. The zero-order valence-electron chi connectivity index (χ0n) is 13.5. The van der Waals surface area contributed by atoms with Crippen LogP contribution in [0.2, 0.25) is 0 Å². The summed E-state index contributed by atoms with van der Waals surface area (Å²) in [6.45, 7) is 1.77. The fraction of sp³-hybridized carbons (Fsp3) is 0.400. The van der Waals surface area contributed by atoms with Crippen LogP contribution in [-0.4, -0.2) is 31.2 Å². The minimum Gasteiger partial charge on any atom is -0.374 e. The Balaban J connectivity index is 1.24. The largest absolute Gasteiger partial charge is 0.374 e. The second-order valence-electron chi connectivity index (χ2n) is 6.30. The average molecular weight is 326 g/mol. The number of hydrogen-bond acceptors (Lipinski definition) is 4. The van der Waals surface area contributed by atoms with E-state index in [9.17, 15) is 0 Å². The van der Waals surface area contributed by atoms with Gasteiger partial charge >= 0.3 is 0 Å². The van der Waals surface area contributed by atoms with E-state index in [2.05, 4.69) is 24.3 Å². The van der Waals surface area contributed by atoms with Crippen molar-refractivity contribution in [3.05, 3.63) is 71.8 Å². The summed E-state index contributed by atoms with van der Waals surface area (Å²) in [5.74, 6) is 0. The van der Waals surface area contributed by atoms with Crippen LogP contribution in [0.5, 0.6) is 0 Å². The van der Waals surface area contributed by atoms with Crippen molar-refractivity contribution in [2.45, 2.75) is 44.2 Å². The standard InChI is InChI=1S/C20H22O4/c1-3-7-15(8-4-1)12-21-14-17-11-18(19-20(23-17)24-19)22-13-16-9-5-2-6-10-16/h1-10,17-20H,11-14H2/t17-,18+,19-,20-/m0/s1. The second-order valence-corrected chi connectivity index (χ2v) is 6.30. The van der Waals surface area contributed by atoms with Gasteiger partial charge in [-0.25, -0.2) is 0 Å². The molecular formula is C20H22O4. The molecule has 4 heteroatoms. The lowest BCUT2D eigenvalue weighted by atomic mass is 10.1. The van der Waals surface area contributed by atoms with Gasteiger partial charge in [0.2, 0.25) is 0 Å². The summed E-state index contributed by atoms with van der Waals surface area (Å²) in [5.41, 5.74) is 2.35. The Morgan fingerprint density at radius 1 is 0.833 bits per heavy atom. The van der Waals surface area contributed by atoms with Crippen molar-refractivity contribution in [3.8, 4) is 0 Å². The van der Waals surface area contributed by atoms with Crippen LogP contribution in [0.15, 0.2) is 60.7 Å². The van der Waals surface area contributed by atoms with Gasteiger partial charge in [-0.3, -0.25) is 0 Å². The molecule has 126 valence electrons. The van der Waals surface area contributed by atoms with E-state index in [1.165, 1.54) is 11.1 Å². The van der Waals surface area contributed by atoms with Gasteiger partial charge in [-0.15, -0.1) is 0 Å². The average Bonchev–Trinajstić information content (AvgIpc) is 3.41. The molecule has 0 unspecified atom stereocenters. The molecule has 2 aromatic rings. The fourth-order valence-corrected chi connectivity index (χ4v) is 3.05. The summed E-state index contributed by atoms with van der Waals surface area (Å²) in [6, 6.07) is 20.4. The summed E-state index contributed by atoms with van der Waals surface area (Å²) in [5, 5.41) is 0. The maximum atomic E-state index is 6.06. The molecular weight excluding hydrogens is 304 g/mol. The van der Waals surface area contributed by atoms with Gasteiger partial charge in [0.05, 0.1) is 32.0 Å². The van der Waals surface area contributed by atoms with Crippen LogP contribution >= 0.6 is 0 Å². The first kappa shape index (κ1) is 15.8. The fourth-order valence-electron chi connectivity index (χ4n) is 3.05. The van der Waals surface area contributed by atoms with Crippen molar-refractivity contribution >= 4 is 0 Å². The van der Waals surface area contributed by atoms with E-state index in [4.69, 9.17) is 18.9 Å². The lowest BCUT2D eigenvalue weighted by molar-refractivity contribution is -0.101. The van der Waals surface area contributed by atoms with E-state index in [1.54, 1.807) is 0 Å². The third-order valence-electron chi connectivity index (χ3n) is 4.39. The van der Waals surface area contributed by atoms with E-state index < -0.39 is 0 Å². The van der Waals surface area contributed by atoms with Crippen molar-refractivity contribution in [1.82, 2.24) is 0 Å². The highest BCUT2D eigenvalue weighted by Crippen LogP contribution is 2.37. The van der Waals surface area contributed by atoms with E-state index >= 15 is 0 Å². The molecule has 4 atom stereocenters. The van der Waals surface area contributed by atoms with Gasteiger partial charge in [0.25, 0.3) is 0 Å². The van der Waals surface area contributed by atoms with Crippen LogP contribution in [0.3, 0.4) is 0 Å². The summed E-state index contributed by atoms with van der Waals surface area (Å²) >= 11 is 0. The van der Waals surface area contributed by atoms with Crippen LogP contribution in [-0.2, 0) is 32.2 Å². The first-order valence-electron chi connectivity index (χ1n) is 8.46. The Labute approximate surface area is 142 Å². The molecule has 2 aromatic carbocycles. The SMILES string of the molecule is c1ccc(COC[C@@H]2C[C@@H](OCc3ccccc3)[C@@H]3O[C@@H]3O2)cc1. The van der Waals surface area contributed by atoms with Gasteiger partial charge in [0, 0.05) is 6.42 Å². The molecule has 4 nitrogen and oxygen atoms in total. The summed E-state index contributed by atoms with van der Waals surface area (Å²) < 4.78 is 23.3. The molecule has 0 radical (unpaired) electrons. The molecule has 2 aliphatic rings. The van der Waals surface area contributed by atoms with Gasteiger partial charge in [-0.05, 0) is 11.1 Å². The van der Waals surface area contributed by atoms with Gasteiger partial charge in [-0.1, -0.05) is 60.7 Å². The number of fused-ring (bicyclic) bond motifs is 1. The second kappa shape index (κ2) is 7.45. The number of rotatable bonds is 7. The molecule has 24 heavy (non-hydrogen) atoms.